The summed E-state index contributed by atoms with van der Waals surface area (Å²) in [4.78, 5) is 19.2. The molecular weight excluding hydrogens is 266 g/mol. The molecule has 2 aromatic heterocycles. The molecule has 1 aliphatic rings. The summed E-state index contributed by atoms with van der Waals surface area (Å²) in [7, 11) is 0. The third kappa shape index (κ3) is 2.55. The summed E-state index contributed by atoms with van der Waals surface area (Å²) in [6.45, 7) is 4.35. The zero-order chi connectivity index (χ0) is 14.8. The van der Waals surface area contributed by atoms with Crippen molar-refractivity contribution in [2.45, 2.75) is 39.2 Å². The number of hydrogen-bond acceptors (Lipinski definition) is 4. The lowest BCUT2D eigenvalue weighted by Crippen LogP contribution is -2.39. The average molecular weight is 285 g/mol. The maximum absolute atomic E-state index is 12.9. The number of rotatable bonds is 2. The highest BCUT2D eigenvalue weighted by atomic mass is 16.5. The lowest BCUT2D eigenvalue weighted by atomic mass is 9.97. The molecule has 0 N–H and O–H groups in total. The Balaban J connectivity index is 1.93. The van der Waals surface area contributed by atoms with Crippen LogP contribution in [0.15, 0.2) is 28.9 Å². The van der Waals surface area contributed by atoms with Crippen LogP contribution in [0.1, 0.15) is 52.8 Å². The van der Waals surface area contributed by atoms with Crippen LogP contribution in [0, 0.1) is 13.8 Å². The molecule has 0 bridgehead atoms. The Kier molecular flexibility index (Phi) is 3.73. The van der Waals surface area contributed by atoms with E-state index in [9.17, 15) is 4.79 Å². The predicted molar refractivity (Wildman–Crippen MR) is 77.8 cm³/mol. The average Bonchev–Trinajstić information content (AvgIpc) is 2.86. The first-order chi connectivity index (χ1) is 10.2. The van der Waals surface area contributed by atoms with Crippen LogP contribution >= 0.6 is 0 Å². The van der Waals surface area contributed by atoms with E-state index in [1.54, 1.807) is 13.1 Å². The van der Waals surface area contributed by atoms with Gasteiger partial charge in [0.25, 0.3) is 5.91 Å². The van der Waals surface area contributed by atoms with Gasteiger partial charge in [-0.2, -0.15) is 0 Å². The second kappa shape index (κ2) is 5.68. The van der Waals surface area contributed by atoms with Crippen molar-refractivity contribution >= 4 is 5.91 Å². The fraction of sp³-hybridized carbons (Fsp3) is 0.438. The Morgan fingerprint density at radius 1 is 1.33 bits per heavy atom. The topological polar surface area (TPSA) is 59.2 Å². The zero-order valence-corrected chi connectivity index (χ0v) is 12.4. The van der Waals surface area contributed by atoms with Gasteiger partial charge < -0.3 is 9.42 Å². The SMILES string of the molecule is Cc1noc(C)c1C(=O)N1CCCC[C@@H]1c1ccccn1. The molecule has 21 heavy (non-hydrogen) atoms. The third-order valence-electron chi connectivity index (χ3n) is 4.04. The standard InChI is InChI=1S/C16H19N3O2/c1-11-15(12(2)21-18-11)16(20)19-10-6-4-8-14(19)13-7-3-5-9-17-13/h3,5,7,9,14H,4,6,8,10H2,1-2H3/t14-/m1/s1. The first-order valence-electron chi connectivity index (χ1n) is 7.33. The number of nitrogens with zero attached hydrogens (tertiary/aromatic N) is 3. The molecule has 5 nitrogen and oxygen atoms in total. The van der Waals surface area contributed by atoms with Gasteiger partial charge in [0.2, 0.25) is 0 Å². The number of likely N-dealkylation sites (tertiary alicyclic amines) is 1. The highest BCUT2D eigenvalue weighted by Gasteiger charge is 2.32. The van der Waals surface area contributed by atoms with Crippen LogP contribution in [0.25, 0.3) is 0 Å². The molecule has 2 aromatic rings. The number of carbonyl (C=O) groups excluding carboxylic acids is 1. The molecule has 0 saturated carbocycles. The fourth-order valence-corrected chi connectivity index (χ4v) is 2.99. The molecule has 1 fully saturated rings. The number of carbonyl (C=O) groups is 1. The first kappa shape index (κ1) is 13.8. The van der Waals surface area contributed by atoms with Gasteiger partial charge in [0, 0.05) is 12.7 Å². The summed E-state index contributed by atoms with van der Waals surface area (Å²) in [5.41, 5.74) is 2.21. The van der Waals surface area contributed by atoms with Crippen molar-refractivity contribution in [1.82, 2.24) is 15.0 Å². The van der Waals surface area contributed by atoms with Gasteiger partial charge in [-0.25, -0.2) is 0 Å². The van der Waals surface area contributed by atoms with Crippen LogP contribution in [-0.4, -0.2) is 27.5 Å². The molecule has 1 amide bonds. The lowest BCUT2D eigenvalue weighted by Gasteiger charge is -2.35. The maximum atomic E-state index is 12.9. The normalized spacial score (nSPS) is 18.8. The number of aromatic nitrogens is 2. The molecule has 0 aromatic carbocycles. The van der Waals surface area contributed by atoms with Crippen LogP contribution in [0.2, 0.25) is 0 Å². The lowest BCUT2D eigenvalue weighted by molar-refractivity contribution is 0.0603. The number of pyridine rings is 1. The van der Waals surface area contributed by atoms with Crippen molar-refractivity contribution in [2.24, 2.45) is 0 Å². The van der Waals surface area contributed by atoms with Crippen molar-refractivity contribution in [3.05, 3.63) is 47.1 Å². The number of aryl methyl sites for hydroxylation is 2. The predicted octanol–water partition coefficient (Wildman–Crippen LogP) is 3.05. The highest BCUT2D eigenvalue weighted by Crippen LogP contribution is 2.31. The molecular formula is C16H19N3O2. The van der Waals surface area contributed by atoms with E-state index in [0.717, 1.165) is 31.5 Å². The minimum Gasteiger partial charge on any atom is -0.361 e. The second-order valence-corrected chi connectivity index (χ2v) is 5.46. The Hall–Kier alpha value is -2.17. The van der Waals surface area contributed by atoms with Gasteiger partial charge in [0.1, 0.15) is 11.3 Å². The van der Waals surface area contributed by atoms with E-state index in [2.05, 4.69) is 10.1 Å². The fourth-order valence-electron chi connectivity index (χ4n) is 2.99. The molecule has 0 spiro atoms. The molecule has 5 heteroatoms. The van der Waals surface area contributed by atoms with E-state index >= 15 is 0 Å². The number of piperidine rings is 1. The Labute approximate surface area is 124 Å². The van der Waals surface area contributed by atoms with Crippen molar-refractivity contribution in [3.8, 4) is 0 Å². The molecule has 110 valence electrons. The van der Waals surface area contributed by atoms with Crippen molar-refractivity contribution in [3.63, 3.8) is 0 Å². The molecule has 3 rings (SSSR count). The number of amides is 1. The van der Waals surface area contributed by atoms with Crippen molar-refractivity contribution < 1.29 is 9.32 Å². The van der Waals surface area contributed by atoms with Crippen LogP contribution in [0.5, 0.6) is 0 Å². The van der Waals surface area contributed by atoms with Gasteiger partial charge in [0.05, 0.1) is 17.4 Å². The first-order valence-corrected chi connectivity index (χ1v) is 7.33. The maximum Gasteiger partial charge on any atom is 0.259 e. The summed E-state index contributed by atoms with van der Waals surface area (Å²) in [6, 6.07) is 5.90. The molecule has 1 aliphatic heterocycles. The highest BCUT2D eigenvalue weighted by molar-refractivity contribution is 5.96. The third-order valence-corrected chi connectivity index (χ3v) is 4.04. The van der Waals surface area contributed by atoms with Gasteiger partial charge in [0.15, 0.2) is 0 Å². The van der Waals surface area contributed by atoms with Gasteiger partial charge in [-0.3, -0.25) is 9.78 Å². The van der Waals surface area contributed by atoms with E-state index in [1.165, 1.54) is 0 Å². The smallest absolute Gasteiger partial charge is 0.259 e. The molecule has 1 saturated heterocycles. The van der Waals surface area contributed by atoms with Gasteiger partial charge in [-0.15, -0.1) is 0 Å². The second-order valence-electron chi connectivity index (χ2n) is 5.46. The molecule has 0 unspecified atom stereocenters. The summed E-state index contributed by atoms with van der Waals surface area (Å²) < 4.78 is 5.14. The Bertz CT molecular complexity index is 617. The van der Waals surface area contributed by atoms with Crippen LogP contribution in [-0.2, 0) is 0 Å². The molecule has 0 aliphatic carbocycles. The van der Waals surface area contributed by atoms with E-state index < -0.39 is 0 Å². The van der Waals surface area contributed by atoms with E-state index in [0.29, 0.717) is 17.0 Å². The molecule has 1 atom stereocenters. The van der Waals surface area contributed by atoms with Gasteiger partial charge in [-0.05, 0) is 45.2 Å². The number of hydrogen-bond donors (Lipinski definition) is 0. The Morgan fingerprint density at radius 2 is 2.19 bits per heavy atom. The van der Waals surface area contributed by atoms with Gasteiger partial charge >= 0.3 is 0 Å². The van der Waals surface area contributed by atoms with E-state index in [4.69, 9.17) is 4.52 Å². The largest absolute Gasteiger partial charge is 0.361 e. The molecule has 3 heterocycles. The van der Waals surface area contributed by atoms with Crippen molar-refractivity contribution in [2.75, 3.05) is 6.54 Å². The molecule has 0 radical (unpaired) electrons. The zero-order valence-electron chi connectivity index (χ0n) is 12.4. The van der Waals surface area contributed by atoms with Crippen LogP contribution < -0.4 is 0 Å². The summed E-state index contributed by atoms with van der Waals surface area (Å²) in [5.74, 6) is 0.587. The monoisotopic (exact) mass is 285 g/mol. The van der Waals surface area contributed by atoms with Crippen molar-refractivity contribution in [1.29, 1.82) is 0 Å². The van der Waals surface area contributed by atoms with Gasteiger partial charge in [-0.1, -0.05) is 11.2 Å². The Morgan fingerprint density at radius 3 is 2.86 bits per heavy atom. The van der Waals surface area contributed by atoms with E-state index in [-0.39, 0.29) is 11.9 Å². The summed E-state index contributed by atoms with van der Waals surface area (Å²) in [6.07, 6.45) is 4.87. The minimum absolute atomic E-state index is 0.00148. The summed E-state index contributed by atoms with van der Waals surface area (Å²) in [5, 5.41) is 3.89. The quantitative estimate of drug-likeness (QED) is 0.851. The van der Waals surface area contributed by atoms with Crippen LogP contribution in [0.4, 0.5) is 0 Å². The summed E-state index contributed by atoms with van der Waals surface area (Å²) >= 11 is 0. The minimum atomic E-state index is 0.00148. The van der Waals surface area contributed by atoms with Crippen LogP contribution in [0.3, 0.4) is 0 Å². The van der Waals surface area contributed by atoms with E-state index in [1.807, 2.05) is 30.0 Å².